The van der Waals surface area contributed by atoms with E-state index < -0.39 is 0 Å². The smallest absolute Gasteiger partial charge is 0.258 e. The number of rotatable bonds is 8. The summed E-state index contributed by atoms with van der Waals surface area (Å²) in [5.41, 5.74) is 1.80. The molecule has 34 heavy (non-hydrogen) atoms. The zero-order chi connectivity index (χ0) is 23.5. The average molecular weight is 498 g/mol. The molecular formula is C24H27N5O3S2. The quantitative estimate of drug-likeness (QED) is 0.325. The van der Waals surface area contributed by atoms with Crippen molar-refractivity contribution in [3.8, 4) is 11.5 Å². The molecule has 0 unspecified atom stereocenters. The van der Waals surface area contributed by atoms with Crippen LogP contribution in [0.2, 0.25) is 0 Å². The molecule has 0 N–H and O–H groups in total. The van der Waals surface area contributed by atoms with Gasteiger partial charge in [-0.25, -0.2) is 4.98 Å². The Morgan fingerprint density at radius 3 is 2.71 bits per heavy atom. The third kappa shape index (κ3) is 4.69. The summed E-state index contributed by atoms with van der Waals surface area (Å²) in [6.45, 7) is 0. The molecule has 178 valence electrons. The highest BCUT2D eigenvalue weighted by Crippen LogP contribution is 2.35. The summed E-state index contributed by atoms with van der Waals surface area (Å²) >= 11 is 3.06. The van der Waals surface area contributed by atoms with Crippen LogP contribution in [0.1, 0.15) is 55.2 Å². The van der Waals surface area contributed by atoms with Gasteiger partial charge in [0.25, 0.3) is 5.56 Å². The lowest BCUT2D eigenvalue weighted by molar-refractivity contribution is 0.330. The molecule has 0 aliphatic heterocycles. The fourth-order valence-electron chi connectivity index (χ4n) is 4.51. The van der Waals surface area contributed by atoms with E-state index in [4.69, 9.17) is 9.47 Å². The first-order chi connectivity index (χ1) is 16.7. The van der Waals surface area contributed by atoms with E-state index in [1.165, 1.54) is 30.6 Å². The maximum absolute atomic E-state index is 12.4. The van der Waals surface area contributed by atoms with Crippen molar-refractivity contribution in [3.05, 3.63) is 63.3 Å². The van der Waals surface area contributed by atoms with Gasteiger partial charge in [0.2, 0.25) is 0 Å². The molecule has 1 fully saturated rings. The molecule has 0 radical (unpaired) electrons. The topological polar surface area (TPSA) is 83.5 Å². The van der Waals surface area contributed by atoms with Crippen molar-refractivity contribution in [2.75, 3.05) is 14.2 Å². The summed E-state index contributed by atoms with van der Waals surface area (Å²) < 4.78 is 14.8. The van der Waals surface area contributed by atoms with Crippen molar-refractivity contribution in [1.29, 1.82) is 0 Å². The van der Waals surface area contributed by atoms with Crippen LogP contribution in [-0.4, -0.2) is 38.4 Å². The van der Waals surface area contributed by atoms with Crippen molar-refractivity contribution in [2.45, 2.75) is 55.5 Å². The van der Waals surface area contributed by atoms with E-state index in [-0.39, 0.29) is 5.56 Å². The van der Waals surface area contributed by atoms with Crippen LogP contribution in [-0.2, 0) is 12.2 Å². The third-order valence-corrected chi connectivity index (χ3v) is 7.92. The number of aromatic nitrogens is 5. The highest BCUT2D eigenvalue weighted by Gasteiger charge is 2.23. The monoisotopic (exact) mass is 497 g/mol. The van der Waals surface area contributed by atoms with Gasteiger partial charge in [-0.05, 0) is 30.5 Å². The zero-order valence-corrected chi connectivity index (χ0v) is 20.9. The maximum Gasteiger partial charge on any atom is 0.258 e. The molecule has 1 aromatic carbocycles. The van der Waals surface area contributed by atoms with Crippen LogP contribution in [0.5, 0.6) is 11.5 Å². The molecule has 0 bridgehead atoms. The second-order valence-electron chi connectivity index (χ2n) is 8.36. The van der Waals surface area contributed by atoms with Crippen LogP contribution >= 0.6 is 23.1 Å². The molecule has 0 atom stereocenters. The number of thiazole rings is 1. The van der Waals surface area contributed by atoms with E-state index in [1.807, 2.05) is 23.6 Å². The first kappa shape index (κ1) is 22.9. The lowest BCUT2D eigenvalue weighted by Gasteiger charge is -2.25. The fraction of sp³-hybridized carbons (Fsp3) is 0.417. The van der Waals surface area contributed by atoms with Gasteiger partial charge in [0.1, 0.15) is 5.82 Å². The molecule has 1 aliphatic carbocycles. The van der Waals surface area contributed by atoms with Crippen molar-refractivity contribution in [2.24, 2.45) is 0 Å². The van der Waals surface area contributed by atoms with Gasteiger partial charge in [-0.15, -0.1) is 21.5 Å². The average Bonchev–Trinajstić information content (AvgIpc) is 3.50. The molecule has 4 aromatic rings. The van der Waals surface area contributed by atoms with E-state index in [1.54, 1.807) is 42.6 Å². The molecule has 0 amide bonds. The molecule has 5 rings (SSSR count). The van der Waals surface area contributed by atoms with Gasteiger partial charge in [0.15, 0.2) is 21.6 Å². The van der Waals surface area contributed by atoms with Crippen LogP contribution < -0.4 is 15.0 Å². The van der Waals surface area contributed by atoms with Gasteiger partial charge in [0.05, 0.1) is 19.9 Å². The van der Waals surface area contributed by atoms with Crippen molar-refractivity contribution in [3.63, 3.8) is 0 Å². The lowest BCUT2D eigenvalue weighted by atomic mass is 9.95. The van der Waals surface area contributed by atoms with Gasteiger partial charge in [-0.1, -0.05) is 37.1 Å². The lowest BCUT2D eigenvalue weighted by Crippen LogP contribution is -2.17. The van der Waals surface area contributed by atoms with Gasteiger partial charge < -0.3 is 14.0 Å². The number of fused-ring (bicyclic) bond motifs is 1. The van der Waals surface area contributed by atoms with E-state index in [0.717, 1.165) is 35.1 Å². The SMILES string of the molecule is COc1ccc(Cc2nnc(SCc3cc(=O)n4ccsc4n3)n2C2CCCCC2)cc1OC. The Kier molecular flexibility index (Phi) is 6.87. The molecule has 3 aromatic heterocycles. The van der Waals surface area contributed by atoms with Crippen molar-refractivity contribution < 1.29 is 9.47 Å². The molecule has 0 saturated heterocycles. The van der Waals surface area contributed by atoms with Gasteiger partial charge >= 0.3 is 0 Å². The number of thioether (sulfide) groups is 1. The summed E-state index contributed by atoms with van der Waals surface area (Å²) in [6, 6.07) is 7.97. The van der Waals surface area contributed by atoms with Gasteiger partial charge in [-0.3, -0.25) is 9.20 Å². The molecule has 1 aliphatic rings. The van der Waals surface area contributed by atoms with Crippen molar-refractivity contribution in [1.82, 2.24) is 24.1 Å². The van der Waals surface area contributed by atoms with E-state index >= 15 is 0 Å². The van der Waals surface area contributed by atoms with Gasteiger partial charge in [0, 0.05) is 35.9 Å². The zero-order valence-electron chi connectivity index (χ0n) is 19.3. The Balaban J connectivity index is 1.42. The minimum absolute atomic E-state index is 0.0512. The van der Waals surface area contributed by atoms with E-state index in [2.05, 4.69) is 19.7 Å². The standard InChI is InChI=1S/C24H27N5O3S2/c1-31-19-9-8-16(12-20(19)32-2)13-21-26-27-24(29(21)18-6-4-3-5-7-18)34-15-17-14-22(30)28-10-11-33-23(28)25-17/h8-12,14,18H,3-7,13,15H2,1-2H3. The molecule has 0 spiro atoms. The Hall–Kier alpha value is -2.85. The summed E-state index contributed by atoms with van der Waals surface area (Å²) in [7, 11) is 3.29. The first-order valence-corrected chi connectivity index (χ1v) is 13.3. The minimum atomic E-state index is -0.0512. The highest BCUT2D eigenvalue weighted by molar-refractivity contribution is 7.98. The van der Waals surface area contributed by atoms with Gasteiger partial charge in [-0.2, -0.15) is 0 Å². The van der Waals surface area contributed by atoms with Crippen molar-refractivity contribution >= 4 is 28.1 Å². The Bertz CT molecular complexity index is 1340. The Morgan fingerprint density at radius 1 is 1.09 bits per heavy atom. The summed E-state index contributed by atoms with van der Waals surface area (Å²) in [5, 5.41) is 11.9. The number of benzene rings is 1. The highest BCUT2D eigenvalue weighted by atomic mass is 32.2. The number of hydrogen-bond acceptors (Lipinski definition) is 8. The number of ether oxygens (including phenoxy) is 2. The van der Waals surface area contributed by atoms with Crippen LogP contribution in [0.25, 0.3) is 4.96 Å². The first-order valence-electron chi connectivity index (χ1n) is 11.4. The van der Waals surface area contributed by atoms with Crippen LogP contribution in [0.15, 0.2) is 45.8 Å². The number of hydrogen-bond donors (Lipinski definition) is 0. The molecule has 10 heteroatoms. The molecule has 8 nitrogen and oxygen atoms in total. The molecular weight excluding hydrogens is 470 g/mol. The predicted molar refractivity (Wildman–Crippen MR) is 133 cm³/mol. The second-order valence-corrected chi connectivity index (χ2v) is 10.2. The third-order valence-electron chi connectivity index (χ3n) is 6.19. The summed E-state index contributed by atoms with van der Waals surface area (Å²) in [6.07, 6.45) is 8.39. The maximum atomic E-state index is 12.4. The van der Waals surface area contributed by atoms with Crippen LogP contribution in [0.3, 0.4) is 0 Å². The normalized spacial score (nSPS) is 14.5. The molecule has 3 heterocycles. The largest absolute Gasteiger partial charge is 0.493 e. The second kappa shape index (κ2) is 10.2. The Labute approximate surface area is 206 Å². The van der Waals surface area contributed by atoms with E-state index in [9.17, 15) is 4.79 Å². The fourth-order valence-corrected chi connectivity index (χ4v) is 6.16. The summed E-state index contributed by atoms with van der Waals surface area (Å²) in [5.74, 6) is 2.94. The number of methoxy groups -OCH3 is 2. The van der Waals surface area contributed by atoms with Crippen LogP contribution in [0.4, 0.5) is 0 Å². The predicted octanol–water partition coefficient (Wildman–Crippen LogP) is 4.75. The minimum Gasteiger partial charge on any atom is -0.493 e. The van der Waals surface area contributed by atoms with E-state index in [0.29, 0.717) is 34.7 Å². The summed E-state index contributed by atoms with van der Waals surface area (Å²) in [4.78, 5) is 17.7. The number of nitrogens with zero attached hydrogens (tertiary/aromatic N) is 5. The van der Waals surface area contributed by atoms with Crippen LogP contribution in [0, 0.1) is 0 Å². The molecule has 1 saturated carbocycles. The Morgan fingerprint density at radius 2 is 1.91 bits per heavy atom.